The maximum Gasteiger partial charge on any atom is 0.0582 e. The van der Waals surface area contributed by atoms with Gasteiger partial charge < -0.3 is 10.4 Å². The summed E-state index contributed by atoms with van der Waals surface area (Å²) in [6.07, 6.45) is 5.29. The van der Waals surface area contributed by atoms with Crippen molar-refractivity contribution in [2.45, 2.75) is 51.6 Å². The van der Waals surface area contributed by atoms with Crippen molar-refractivity contribution in [2.24, 2.45) is 5.92 Å². The Morgan fingerprint density at radius 1 is 1.50 bits per heavy atom. The van der Waals surface area contributed by atoms with Gasteiger partial charge >= 0.3 is 0 Å². The first-order chi connectivity index (χ1) is 5.72. The van der Waals surface area contributed by atoms with Crippen LogP contribution in [0.4, 0.5) is 0 Å². The molecule has 0 unspecified atom stereocenters. The quantitative estimate of drug-likeness (QED) is 0.675. The van der Waals surface area contributed by atoms with E-state index in [1.807, 2.05) is 6.92 Å². The molecule has 12 heavy (non-hydrogen) atoms. The van der Waals surface area contributed by atoms with Crippen molar-refractivity contribution >= 4 is 0 Å². The van der Waals surface area contributed by atoms with Crippen molar-refractivity contribution in [1.82, 2.24) is 5.32 Å². The summed E-state index contributed by atoms with van der Waals surface area (Å²) in [6, 6.07) is 0.913. The van der Waals surface area contributed by atoms with Gasteiger partial charge in [-0.15, -0.1) is 0 Å². The van der Waals surface area contributed by atoms with E-state index in [2.05, 4.69) is 12.2 Å². The molecular formula is C10H21NO. The van der Waals surface area contributed by atoms with Crippen LogP contribution in [0.2, 0.25) is 0 Å². The molecule has 2 N–H and O–H groups in total. The van der Waals surface area contributed by atoms with Crippen molar-refractivity contribution < 1.29 is 5.11 Å². The lowest BCUT2D eigenvalue weighted by molar-refractivity contribution is 0.215. The first-order valence-corrected chi connectivity index (χ1v) is 5.09. The predicted molar refractivity (Wildman–Crippen MR) is 51.1 cm³/mol. The molecule has 0 bridgehead atoms. The zero-order chi connectivity index (χ0) is 8.97. The zero-order valence-corrected chi connectivity index (χ0v) is 8.21. The largest absolute Gasteiger partial charge is 0.395 e. The fraction of sp³-hybridized carbons (Fsp3) is 1.00. The molecule has 0 radical (unpaired) electrons. The highest BCUT2D eigenvalue weighted by Crippen LogP contribution is 2.23. The molecule has 2 heteroatoms. The van der Waals surface area contributed by atoms with Gasteiger partial charge in [0.1, 0.15) is 0 Å². The molecule has 1 rings (SSSR count). The molecule has 3 atom stereocenters. The molecule has 0 saturated heterocycles. The number of rotatable bonds is 3. The Labute approximate surface area is 75.4 Å². The minimum Gasteiger partial charge on any atom is -0.395 e. The third-order valence-corrected chi connectivity index (χ3v) is 2.73. The lowest BCUT2D eigenvalue weighted by Crippen LogP contribution is -2.41. The summed E-state index contributed by atoms with van der Waals surface area (Å²) in [6.45, 7) is 4.61. The van der Waals surface area contributed by atoms with Gasteiger partial charge in [-0.25, -0.2) is 0 Å². The molecule has 0 amide bonds. The number of hydrogen-bond donors (Lipinski definition) is 2. The Morgan fingerprint density at radius 3 is 2.83 bits per heavy atom. The summed E-state index contributed by atoms with van der Waals surface area (Å²) in [5.74, 6) is 0.863. The zero-order valence-electron chi connectivity index (χ0n) is 8.21. The molecule has 0 aromatic carbocycles. The third-order valence-electron chi connectivity index (χ3n) is 2.73. The highest BCUT2D eigenvalue weighted by molar-refractivity contribution is 4.77. The SMILES string of the molecule is C[C@@H]1CCC[C@@H](N[C@H](C)CO)C1. The van der Waals surface area contributed by atoms with Crippen molar-refractivity contribution in [3.63, 3.8) is 0 Å². The van der Waals surface area contributed by atoms with Gasteiger partial charge in [-0.3, -0.25) is 0 Å². The van der Waals surface area contributed by atoms with Gasteiger partial charge in [0.15, 0.2) is 0 Å². The molecule has 1 aliphatic rings. The van der Waals surface area contributed by atoms with Crippen molar-refractivity contribution in [3.8, 4) is 0 Å². The molecule has 1 aliphatic carbocycles. The van der Waals surface area contributed by atoms with Crippen LogP contribution in [0.25, 0.3) is 0 Å². The Morgan fingerprint density at radius 2 is 2.25 bits per heavy atom. The Balaban J connectivity index is 2.22. The molecule has 0 aliphatic heterocycles. The van der Waals surface area contributed by atoms with E-state index >= 15 is 0 Å². The Hall–Kier alpha value is -0.0800. The van der Waals surface area contributed by atoms with E-state index in [1.54, 1.807) is 0 Å². The van der Waals surface area contributed by atoms with Crippen LogP contribution in [-0.4, -0.2) is 23.8 Å². The molecule has 2 nitrogen and oxygen atoms in total. The molecule has 1 fully saturated rings. The number of nitrogens with one attached hydrogen (secondary N) is 1. The second-order valence-electron chi connectivity index (χ2n) is 4.22. The van der Waals surface area contributed by atoms with Gasteiger partial charge in [0.25, 0.3) is 0 Å². The predicted octanol–water partition coefficient (Wildman–Crippen LogP) is 1.54. The van der Waals surface area contributed by atoms with Crippen LogP contribution in [-0.2, 0) is 0 Å². The third kappa shape index (κ3) is 3.11. The maximum absolute atomic E-state index is 8.87. The molecule has 0 heterocycles. The van der Waals surface area contributed by atoms with E-state index in [4.69, 9.17) is 5.11 Å². The minimum atomic E-state index is 0.255. The van der Waals surface area contributed by atoms with Crippen LogP contribution in [0.1, 0.15) is 39.5 Å². The lowest BCUT2D eigenvalue weighted by atomic mass is 9.87. The smallest absolute Gasteiger partial charge is 0.0582 e. The Kier molecular flexibility index (Phi) is 4.02. The normalized spacial score (nSPS) is 33.2. The van der Waals surface area contributed by atoms with E-state index in [-0.39, 0.29) is 12.6 Å². The average Bonchev–Trinajstić information content (AvgIpc) is 2.04. The van der Waals surface area contributed by atoms with Crippen molar-refractivity contribution in [3.05, 3.63) is 0 Å². The van der Waals surface area contributed by atoms with Crippen LogP contribution in [0.3, 0.4) is 0 Å². The monoisotopic (exact) mass is 171 g/mol. The molecule has 0 aromatic rings. The van der Waals surface area contributed by atoms with E-state index in [9.17, 15) is 0 Å². The van der Waals surface area contributed by atoms with Crippen LogP contribution in [0.15, 0.2) is 0 Å². The van der Waals surface area contributed by atoms with Gasteiger partial charge in [0.05, 0.1) is 6.61 Å². The maximum atomic E-state index is 8.87. The molecule has 0 spiro atoms. The van der Waals surface area contributed by atoms with Crippen LogP contribution < -0.4 is 5.32 Å². The Bertz CT molecular complexity index is 127. The van der Waals surface area contributed by atoms with E-state index in [0.717, 1.165) is 5.92 Å². The van der Waals surface area contributed by atoms with Gasteiger partial charge in [-0.05, 0) is 25.7 Å². The summed E-state index contributed by atoms with van der Waals surface area (Å²) in [5, 5.41) is 12.3. The number of aliphatic hydroxyl groups excluding tert-OH is 1. The molecular weight excluding hydrogens is 150 g/mol. The van der Waals surface area contributed by atoms with Gasteiger partial charge in [-0.2, -0.15) is 0 Å². The van der Waals surface area contributed by atoms with Crippen LogP contribution in [0.5, 0.6) is 0 Å². The van der Waals surface area contributed by atoms with E-state index < -0.39 is 0 Å². The molecule has 0 aromatic heterocycles. The molecule has 72 valence electrons. The van der Waals surface area contributed by atoms with Gasteiger partial charge in [0.2, 0.25) is 0 Å². The van der Waals surface area contributed by atoms with E-state index in [1.165, 1.54) is 25.7 Å². The summed E-state index contributed by atoms with van der Waals surface area (Å²) in [4.78, 5) is 0. The summed E-state index contributed by atoms with van der Waals surface area (Å²) in [7, 11) is 0. The van der Waals surface area contributed by atoms with Crippen molar-refractivity contribution in [2.75, 3.05) is 6.61 Å². The summed E-state index contributed by atoms with van der Waals surface area (Å²) < 4.78 is 0. The fourth-order valence-electron chi connectivity index (χ4n) is 2.04. The second-order valence-corrected chi connectivity index (χ2v) is 4.22. The first-order valence-electron chi connectivity index (χ1n) is 5.09. The van der Waals surface area contributed by atoms with Crippen LogP contribution >= 0.6 is 0 Å². The minimum absolute atomic E-state index is 0.255. The number of aliphatic hydroxyl groups is 1. The first kappa shape index (κ1) is 10.0. The van der Waals surface area contributed by atoms with Crippen molar-refractivity contribution in [1.29, 1.82) is 0 Å². The average molecular weight is 171 g/mol. The molecule has 1 saturated carbocycles. The summed E-state index contributed by atoms with van der Waals surface area (Å²) in [5.41, 5.74) is 0. The lowest BCUT2D eigenvalue weighted by Gasteiger charge is -2.29. The topological polar surface area (TPSA) is 32.3 Å². The van der Waals surface area contributed by atoms with Gasteiger partial charge in [-0.1, -0.05) is 19.8 Å². The van der Waals surface area contributed by atoms with Crippen LogP contribution in [0, 0.1) is 5.92 Å². The standard InChI is InChI=1S/C10H21NO/c1-8-4-3-5-10(6-8)11-9(2)7-12/h8-12H,3-7H2,1-2H3/t8-,9-,10-/m1/s1. The van der Waals surface area contributed by atoms with Gasteiger partial charge in [0, 0.05) is 12.1 Å². The highest BCUT2D eigenvalue weighted by Gasteiger charge is 2.19. The number of hydrogen-bond acceptors (Lipinski definition) is 2. The van der Waals surface area contributed by atoms with E-state index in [0.29, 0.717) is 6.04 Å². The highest BCUT2D eigenvalue weighted by atomic mass is 16.3. The summed E-state index contributed by atoms with van der Waals surface area (Å²) >= 11 is 0. The fourth-order valence-corrected chi connectivity index (χ4v) is 2.04. The second kappa shape index (κ2) is 4.83.